The molecule has 2 aliphatic heterocycles. The van der Waals surface area contributed by atoms with Crippen molar-refractivity contribution in [3.05, 3.63) is 30.6 Å². The Bertz CT molecular complexity index is 943. The maximum absolute atomic E-state index is 4.73. The fourth-order valence-corrected chi connectivity index (χ4v) is 4.28. The second kappa shape index (κ2) is 7.39. The number of hydrogen-bond acceptors (Lipinski definition) is 6. The van der Waals surface area contributed by atoms with Gasteiger partial charge in [0.25, 0.3) is 0 Å². The van der Waals surface area contributed by atoms with E-state index in [9.17, 15) is 0 Å². The topological polar surface area (TPSA) is 73.0 Å². The van der Waals surface area contributed by atoms with Gasteiger partial charge in [0.2, 0.25) is 0 Å². The van der Waals surface area contributed by atoms with Crippen LogP contribution in [0.15, 0.2) is 30.6 Å². The van der Waals surface area contributed by atoms with Gasteiger partial charge in [-0.2, -0.15) is 5.10 Å². The molecule has 0 amide bonds. The molecule has 0 spiro atoms. The highest BCUT2D eigenvalue weighted by Gasteiger charge is 2.18. The number of hydrogen-bond donors (Lipinski definition) is 2. The zero-order valence-corrected chi connectivity index (χ0v) is 16.4. The van der Waals surface area contributed by atoms with Crippen LogP contribution in [0.25, 0.3) is 22.2 Å². The van der Waals surface area contributed by atoms with Crippen LogP contribution in [0.5, 0.6) is 0 Å². The predicted molar refractivity (Wildman–Crippen MR) is 113 cm³/mol. The van der Waals surface area contributed by atoms with Crippen molar-refractivity contribution in [2.45, 2.75) is 32.2 Å². The van der Waals surface area contributed by atoms with E-state index in [1.54, 1.807) is 0 Å². The van der Waals surface area contributed by atoms with E-state index in [1.165, 1.54) is 19.3 Å². The van der Waals surface area contributed by atoms with Gasteiger partial charge in [0.05, 0.1) is 11.7 Å². The lowest BCUT2D eigenvalue weighted by atomic mass is 10.1. The number of anilines is 2. The van der Waals surface area contributed by atoms with E-state index in [2.05, 4.69) is 55.4 Å². The monoisotopic (exact) mass is 377 g/mol. The van der Waals surface area contributed by atoms with Crippen LogP contribution in [-0.2, 0) is 0 Å². The molecule has 2 fully saturated rings. The average molecular weight is 377 g/mol. The number of fused-ring (bicyclic) bond motifs is 1. The first kappa shape index (κ1) is 17.4. The van der Waals surface area contributed by atoms with Crippen molar-refractivity contribution in [2.24, 2.45) is 0 Å². The van der Waals surface area contributed by atoms with E-state index in [0.29, 0.717) is 6.04 Å². The third-order valence-electron chi connectivity index (χ3n) is 5.83. The van der Waals surface area contributed by atoms with Crippen molar-refractivity contribution in [3.63, 3.8) is 0 Å². The van der Waals surface area contributed by atoms with Crippen molar-refractivity contribution < 1.29 is 0 Å². The molecule has 7 heteroatoms. The van der Waals surface area contributed by atoms with E-state index in [0.717, 1.165) is 66.5 Å². The highest BCUT2D eigenvalue weighted by molar-refractivity contribution is 5.93. The summed E-state index contributed by atoms with van der Waals surface area (Å²) in [5, 5.41) is 12.3. The summed E-state index contributed by atoms with van der Waals surface area (Å²) in [6, 6.07) is 6.91. The van der Waals surface area contributed by atoms with E-state index in [4.69, 9.17) is 4.98 Å². The van der Waals surface area contributed by atoms with Crippen LogP contribution in [0, 0.1) is 0 Å². The number of rotatable bonds is 3. The van der Waals surface area contributed by atoms with Crippen LogP contribution in [0.2, 0.25) is 0 Å². The predicted octanol–water partition coefficient (Wildman–Crippen LogP) is 2.81. The third-order valence-corrected chi connectivity index (χ3v) is 5.83. The van der Waals surface area contributed by atoms with Gasteiger partial charge in [-0.1, -0.05) is 0 Å². The molecule has 0 radical (unpaired) electrons. The second-order valence-corrected chi connectivity index (χ2v) is 7.91. The lowest BCUT2D eigenvalue weighted by molar-refractivity contribution is 0.482. The van der Waals surface area contributed by atoms with E-state index in [1.807, 2.05) is 12.4 Å². The molecule has 5 heterocycles. The zero-order chi connectivity index (χ0) is 18.9. The van der Waals surface area contributed by atoms with Crippen molar-refractivity contribution in [1.29, 1.82) is 0 Å². The lowest BCUT2D eigenvalue weighted by Gasteiger charge is -2.32. The summed E-state index contributed by atoms with van der Waals surface area (Å²) < 4.78 is 0. The van der Waals surface area contributed by atoms with Crippen LogP contribution < -0.4 is 15.1 Å². The molecule has 1 atom stereocenters. The third kappa shape index (κ3) is 3.30. The van der Waals surface area contributed by atoms with Crippen LogP contribution in [-0.4, -0.2) is 58.9 Å². The summed E-state index contributed by atoms with van der Waals surface area (Å²) in [6.45, 7) is 7.37. The first-order valence-electron chi connectivity index (χ1n) is 10.3. The van der Waals surface area contributed by atoms with Gasteiger partial charge >= 0.3 is 0 Å². The Labute approximate surface area is 165 Å². The number of pyridine rings is 2. The largest absolute Gasteiger partial charge is 0.357 e. The molecule has 146 valence electrons. The molecular formula is C21H27N7. The number of nitrogens with zero attached hydrogens (tertiary/aromatic N) is 5. The summed E-state index contributed by atoms with van der Waals surface area (Å²) >= 11 is 0. The minimum absolute atomic E-state index is 0.492. The number of aromatic nitrogens is 4. The first-order valence-corrected chi connectivity index (χ1v) is 10.3. The fraction of sp³-hybridized carbons (Fsp3) is 0.476. The highest BCUT2D eigenvalue weighted by Crippen LogP contribution is 2.29. The summed E-state index contributed by atoms with van der Waals surface area (Å²) in [5.74, 6) is 2.09. The van der Waals surface area contributed by atoms with Crippen LogP contribution >= 0.6 is 0 Å². The minimum Gasteiger partial charge on any atom is -0.357 e. The molecule has 5 rings (SSSR count). The van der Waals surface area contributed by atoms with Crippen molar-refractivity contribution in [3.8, 4) is 11.3 Å². The van der Waals surface area contributed by atoms with Crippen molar-refractivity contribution >= 4 is 22.5 Å². The van der Waals surface area contributed by atoms with Crippen LogP contribution in [0.1, 0.15) is 26.2 Å². The number of piperidine rings is 1. The number of aromatic amines is 1. The van der Waals surface area contributed by atoms with E-state index >= 15 is 0 Å². The van der Waals surface area contributed by atoms with Gasteiger partial charge in [-0.15, -0.1) is 0 Å². The molecule has 3 aromatic rings. The van der Waals surface area contributed by atoms with E-state index < -0.39 is 0 Å². The Morgan fingerprint density at radius 2 is 1.82 bits per heavy atom. The van der Waals surface area contributed by atoms with Gasteiger partial charge in [0.1, 0.15) is 17.3 Å². The summed E-state index contributed by atoms with van der Waals surface area (Å²) in [6.07, 6.45) is 7.65. The number of nitrogens with one attached hydrogen (secondary N) is 2. The highest BCUT2D eigenvalue weighted by atomic mass is 15.2. The van der Waals surface area contributed by atoms with Gasteiger partial charge in [-0.25, -0.2) is 9.97 Å². The Morgan fingerprint density at radius 3 is 2.61 bits per heavy atom. The molecule has 0 aliphatic carbocycles. The molecule has 2 aliphatic rings. The van der Waals surface area contributed by atoms with Gasteiger partial charge in [0.15, 0.2) is 0 Å². The maximum atomic E-state index is 4.73. The summed E-state index contributed by atoms with van der Waals surface area (Å²) in [5.41, 5.74) is 2.95. The van der Waals surface area contributed by atoms with E-state index in [-0.39, 0.29) is 0 Å². The van der Waals surface area contributed by atoms with Crippen molar-refractivity contribution in [2.75, 3.05) is 42.5 Å². The normalized spacial score (nSPS) is 20.7. The quantitative estimate of drug-likeness (QED) is 0.731. The fourth-order valence-electron chi connectivity index (χ4n) is 4.28. The zero-order valence-electron chi connectivity index (χ0n) is 16.4. The average Bonchev–Trinajstić information content (AvgIpc) is 3.18. The molecule has 2 saturated heterocycles. The molecule has 7 nitrogen and oxygen atoms in total. The Balaban J connectivity index is 1.43. The Hall–Kier alpha value is -2.67. The number of H-pyrrole nitrogens is 1. The molecule has 0 unspecified atom stereocenters. The first-order chi connectivity index (χ1) is 13.8. The van der Waals surface area contributed by atoms with Crippen LogP contribution in [0.4, 0.5) is 11.6 Å². The van der Waals surface area contributed by atoms with Crippen molar-refractivity contribution in [1.82, 2.24) is 25.5 Å². The van der Waals surface area contributed by atoms with Gasteiger partial charge in [-0.05, 0) is 44.4 Å². The molecule has 28 heavy (non-hydrogen) atoms. The Kier molecular flexibility index (Phi) is 4.60. The maximum Gasteiger partial charge on any atom is 0.129 e. The minimum atomic E-state index is 0.492. The van der Waals surface area contributed by atoms with Gasteiger partial charge in [-0.3, -0.25) is 5.10 Å². The molecular weight excluding hydrogens is 350 g/mol. The summed E-state index contributed by atoms with van der Waals surface area (Å²) in [4.78, 5) is 14.1. The smallest absolute Gasteiger partial charge is 0.129 e. The molecule has 0 bridgehead atoms. The number of piperazine rings is 1. The Morgan fingerprint density at radius 1 is 0.964 bits per heavy atom. The second-order valence-electron chi connectivity index (χ2n) is 7.91. The summed E-state index contributed by atoms with van der Waals surface area (Å²) in [7, 11) is 0. The molecule has 0 aromatic carbocycles. The molecule has 3 aromatic heterocycles. The van der Waals surface area contributed by atoms with Crippen LogP contribution in [0.3, 0.4) is 0 Å². The molecule has 2 N–H and O–H groups in total. The molecule has 0 saturated carbocycles. The van der Waals surface area contributed by atoms with Gasteiger partial charge < -0.3 is 15.1 Å². The van der Waals surface area contributed by atoms with Gasteiger partial charge in [0, 0.05) is 55.9 Å². The lowest BCUT2D eigenvalue weighted by Crippen LogP contribution is -2.49. The standard InChI is InChI=1S/C21H27N7/c1-15-14-28(10-7-22-15)19-6-5-16(12-23-19)21-17-11-20(24-13-18(17)25-26-21)27-8-3-2-4-9-27/h5-6,11-13,15,22H,2-4,7-10,14H2,1H3,(H,25,26)/t15-/m1/s1. The SMILES string of the molecule is C[C@@H]1CN(c2ccc(-c3n[nH]c4cnc(N5CCCCC5)cc34)cn2)CCN1.